The number of carbonyl (C=O) groups is 2. The minimum atomic E-state index is -0.636. The molecule has 4 N–H and O–H groups in total. The summed E-state index contributed by atoms with van der Waals surface area (Å²) >= 11 is 0. The van der Waals surface area contributed by atoms with Gasteiger partial charge in [0, 0.05) is 17.3 Å². The third-order valence-corrected chi connectivity index (χ3v) is 3.82. The molecule has 108 valence electrons. The summed E-state index contributed by atoms with van der Waals surface area (Å²) in [5, 5.41) is 5.55. The second-order valence-corrected chi connectivity index (χ2v) is 5.41. The van der Waals surface area contributed by atoms with Crippen LogP contribution < -0.4 is 16.4 Å². The molecule has 1 saturated carbocycles. The first kappa shape index (κ1) is 14.4. The van der Waals surface area contributed by atoms with E-state index < -0.39 is 6.03 Å². The van der Waals surface area contributed by atoms with E-state index in [1.807, 2.05) is 0 Å². The van der Waals surface area contributed by atoms with Crippen molar-refractivity contribution in [3.63, 3.8) is 0 Å². The number of nitrogens with one attached hydrogen (secondary N) is 2. The van der Waals surface area contributed by atoms with Crippen LogP contribution in [0.15, 0.2) is 24.3 Å². The fraction of sp³-hybridized carbons (Fsp3) is 0.467. The zero-order valence-corrected chi connectivity index (χ0v) is 11.7. The molecule has 1 fully saturated rings. The number of anilines is 1. The van der Waals surface area contributed by atoms with E-state index in [1.54, 1.807) is 24.3 Å². The van der Waals surface area contributed by atoms with Crippen molar-refractivity contribution in [2.24, 2.45) is 11.7 Å². The van der Waals surface area contributed by atoms with Crippen molar-refractivity contribution >= 4 is 17.6 Å². The average molecular weight is 275 g/mol. The summed E-state index contributed by atoms with van der Waals surface area (Å²) in [5.41, 5.74) is 6.13. The number of benzene rings is 1. The molecule has 0 unspecified atom stereocenters. The summed E-state index contributed by atoms with van der Waals surface area (Å²) < 4.78 is 0. The summed E-state index contributed by atoms with van der Waals surface area (Å²) in [6, 6.07) is 6.39. The first-order chi connectivity index (χ1) is 9.56. The maximum Gasteiger partial charge on any atom is 0.316 e. The van der Waals surface area contributed by atoms with E-state index >= 15 is 0 Å². The molecule has 20 heavy (non-hydrogen) atoms. The third kappa shape index (κ3) is 3.73. The van der Waals surface area contributed by atoms with Crippen LogP contribution in [-0.4, -0.2) is 18.0 Å². The van der Waals surface area contributed by atoms with Gasteiger partial charge < -0.3 is 16.4 Å². The van der Waals surface area contributed by atoms with Crippen LogP contribution in [0.4, 0.5) is 10.5 Å². The molecular weight excluding hydrogens is 254 g/mol. The van der Waals surface area contributed by atoms with E-state index in [2.05, 4.69) is 17.6 Å². The predicted molar refractivity (Wildman–Crippen MR) is 78.5 cm³/mol. The van der Waals surface area contributed by atoms with Crippen LogP contribution in [0.3, 0.4) is 0 Å². The Hall–Kier alpha value is -2.04. The summed E-state index contributed by atoms with van der Waals surface area (Å²) in [6.45, 7) is 2.18. The average Bonchev–Trinajstić information content (AvgIpc) is 2.41. The number of hydrogen-bond acceptors (Lipinski definition) is 2. The Kier molecular flexibility index (Phi) is 4.61. The molecule has 2 rings (SSSR count). The number of amides is 3. The summed E-state index contributed by atoms with van der Waals surface area (Å²) in [7, 11) is 0. The molecule has 0 spiro atoms. The van der Waals surface area contributed by atoms with Gasteiger partial charge >= 0.3 is 6.03 Å². The van der Waals surface area contributed by atoms with Gasteiger partial charge in [-0.25, -0.2) is 4.79 Å². The van der Waals surface area contributed by atoms with Gasteiger partial charge in [-0.1, -0.05) is 25.8 Å². The van der Waals surface area contributed by atoms with Gasteiger partial charge in [0.2, 0.25) is 0 Å². The van der Waals surface area contributed by atoms with E-state index in [9.17, 15) is 9.59 Å². The van der Waals surface area contributed by atoms with Crippen LogP contribution in [0.25, 0.3) is 0 Å². The molecule has 0 aromatic heterocycles. The minimum Gasteiger partial charge on any atom is -0.351 e. The van der Waals surface area contributed by atoms with E-state index in [-0.39, 0.29) is 11.9 Å². The topological polar surface area (TPSA) is 84.2 Å². The minimum absolute atomic E-state index is 0.100. The van der Waals surface area contributed by atoms with Crippen molar-refractivity contribution in [2.45, 2.75) is 38.6 Å². The van der Waals surface area contributed by atoms with Crippen molar-refractivity contribution in [1.82, 2.24) is 5.32 Å². The van der Waals surface area contributed by atoms with Crippen LogP contribution >= 0.6 is 0 Å². The number of urea groups is 1. The molecule has 0 radical (unpaired) electrons. The van der Waals surface area contributed by atoms with Gasteiger partial charge in [0.1, 0.15) is 0 Å². The highest BCUT2D eigenvalue weighted by molar-refractivity contribution is 5.96. The predicted octanol–water partition coefficient (Wildman–Crippen LogP) is 2.49. The van der Waals surface area contributed by atoms with Crippen molar-refractivity contribution < 1.29 is 9.59 Å². The molecule has 1 aliphatic rings. The highest BCUT2D eigenvalue weighted by Crippen LogP contribution is 2.24. The van der Waals surface area contributed by atoms with Crippen molar-refractivity contribution in [3.05, 3.63) is 29.8 Å². The van der Waals surface area contributed by atoms with Crippen LogP contribution in [0, 0.1) is 5.92 Å². The Morgan fingerprint density at radius 2 is 2.00 bits per heavy atom. The lowest BCUT2D eigenvalue weighted by Gasteiger charge is -2.29. The molecule has 1 aliphatic carbocycles. The second-order valence-electron chi connectivity index (χ2n) is 5.41. The highest BCUT2D eigenvalue weighted by atomic mass is 16.2. The van der Waals surface area contributed by atoms with Crippen molar-refractivity contribution in [3.8, 4) is 0 Å². The third-order valence-electron chi connectivity index (χ3n) is 3.82. The van der Waals surface area contributed by atoms with Gasteiger partial charge in [0.05, 0.1) is 0 Å². The Morgan fingerprint density at radius 3 is 2.70 bits per heavy atom. The highest BCUT2D eigenvalue weighted by Gasteiger charge is 2.23. The van der Waals surface area contributed by atoms with Gasteiger partial charge in [0.25, 0.3) is 5.91 Å². The van der Waals surface area contributed by atoms with E-state index in [4.69, 9.17) is 5.73 Å². The van der Waals surface area contributed by atoms with E-state index in [0.29, 0.717) is 17.2 Å². The van der Waals surface area contributed by atoms with Crippen LogP contribution in [-0.2, 0) is 0 Å². The summed E-state index contributed by atoms with van der Waals surface area (Å²) in [5.74, 6) is 0.413. The lowest BCUT2D eigenvalue weighted by molar-refractivity contribution is 0.0910. The smallest absolute Gasteiger partial charge is 0.316 e. The molecule has 5 nitrogen and oxygen atoms in total. The van der Waals surface area contributed by atoms with Crippen molar-refractivity contribution in [2.75, 3.05) is 5.32 Å². The van der Waals surface area contributed by atoms with Crippen LogP contribution in [0.5, 0.6) is 0 Å². The van der Waals surface area contributed by atoms with Gasteiger partial charge in [-0.3, -0.25) is 4.79 Å². The maximum absolute atomic E-state index is 12.2. The molecule has 0 bridgehead atoms. The molecule has 0 saturated heterocycles. The van der Waals surface area contributed by atoms with Gasteiger partial charge in [-0.2, -0.15) is 0 Å². The van der Waals surface area contributed by atoms with Gasteiger partial charge in [-0.05, 0) is 37.0 Å². The standard InChI is InChI=1S/C15H21N3O2/c1-10-5-2-3-8-13(10)18-14(19)11-6-4-7-12(9-11)17-15(16)20/h4,6-7,9-10,13H,2-3,5,8H2,1H3,(H,18,19)(H3,16,17,20)/t10-,13+/m1/s1. The first-order valence-electron chi connectivity index (χ1n) is 7.03. The molecule has 2 atom stereocenters. The molecule has 0 aliphatic heterocycles. The Balaban J connectivity index is 2.03. The Morgan fingerprint density at radius 1 is 1.25 bits per heavy atom. The number of nitrogens with two attached hydrogens (primary N) is 1. The number of primary amides is 1. The van der Waals surface area contributed by atoms with Gasteiger partial charge in [0.15, 0.2) is 0 Å². The largest absolute Gasteiger partial charge is 0.351 e. The van der Waals surface area contributed by atoms with E-state index in [0.717, 1.165) is 12.8 Å². The molecule has 1 aromatic carbocycles. The summed E-state index contributed by atoms with van der Waals surface area (Å²) in [4.78, 5) is 23.1. The zero-order chi connectivity index (χ0) is 14.5. The fourth-order valence-corrected chi connectivity index (χ4v) is 2.66. The molecular formula is C15H21N3O2. The zero-order valence-electron chi connectivity index (χ0n) is 11.7. The van der Waals surface area contributed by atoms with Crippen molar-refractivity contribution in [1.29, 1.82) is 0 Å². The number of carbonyl (C=O) groups excluding carboxylic acids is 2. The lowest BCUT2D eigenvalue weighted by atomic mass is 9.86. The fourth-order valence-electron chi connectivity index (χ4n) is 2.66. The number of rotatable bonds is 3. The quantitative estimate of drug-likeness (QED) is 0.791. The molecule has 5 heteroatoms. The lowest BCUT2D eigenvalue weighted by Crippen LogP contribution is -2.41. The Bertz CT molecular complexity index is 502. The molecule has 1 aromatic rings. The van der Waals surface area contributed by atoms with Crippen LogP contribution in [0.2, 0.25) is 0 Å². The molecule has 0 heterocycles. The second kappa shape index (κ2) is 6.41. The monoisotopic (exact) mass is 275 g/mol. The van der Waals surface area contributed by atoms with Gasteiger partial charge in [-0.15, -0.1) is 0 Å². The molecule has 3 amide bonds. The number of hydrogen-bond donors (Lipinski definition) is 3. The van der Waals surface area contributed by atoms with E-state index in [1.165, 1.54) is 12.8 Å². The Labute approximate surface area is 118 Å². The van der Waals surface area contributed by atoms with Crippen LogP contribution in [0.1, 0.15) is 43.0 Å². The SMILES string of the molecule is C[C@@H]1CCCC[C@@H]1NC(=O)c1cccc(NC(N)=O)c1. The maximum atomic E-state index is 12.2. The normalized spacial score (nSPS) is 22.1. The summed E-state index contributed by atoms with van der Waals surface area (Å²) in [6.07, 6.45) is 4.60. The first-order valence-corrected chi connectivity index (χ1v) is 7.03.